The predicted octanol–water partition coefficient (Wildman–Crippen LogP) is 4.30. The molecular formula is C16H28N2. The molecule has 2 heteroatoms. The first-order valence-corrected chi connectivity index (χ1v) is 7.27. The SMILES string of the molecule is CCCCC(CC)CC(N)c1ncc(C)cc1C. The average molecular weight is 248 g/mol. The van der Waals surface area contributed by atoms with Crippen molar-refractivity contribution in [2.75, 3.05) is 0 Å². The summed E-state index contributed by atoms with van der Waals surface area (Å²) in [6, 6.07) is 2.27. The van der Waals surface area contributed by atoms with Gasteiger partial charge in [-0.05, 0) is 37.3 Å². The molecule has 2 unspecified atom stereocenters. The number of hydrogen-bond acceptors (Lipinski definition) is 2. The van der Waals surface area contributed by atoms with Crippen LogP contribution in [-0.2, 0) is 0 Å². The van der Waals surface area contributed by atoms with Gasteiger partial charge in [0, 0.05) is 12.2 Å². The normalized spacial score (nSPS) is 14.5. The summed E-state index contributed by atoms with van der Waals surface area (Å²) in [4.78, 5) is 4.52. The lowest BCUT2D eigenvalue weighted by atomic mass is 9.90. The molecule has 0 radical (unpaired) electrons. The summed E-state index contributed by atoms with van der Waals surface area (Å²) in [7, 11) is 0. The van der Waals surface area contributed by atoms with Gasteiger partial charge in [0.1, 0.15) is 0 Å². The molecule has 0 amide bonds. The van der Waals surface area contributed by atoms with Crippen LogP contribution in [0.25, 0.3) is 0 Å². The third-order valence-electron chi connectivity index (χ3n) is 3.74. The van der Waals surface area contributed by atoms with Crippen LogP contribution in [0.5, 0.6) is 0 Å². The fourth-order valence-corrected chi connectivity index (χ4v) is 2.57. The molecule has 1 rings (SSSR count). The number of unbranched alkanes of at least 4 members (excludes halogenated alkanes) is 1. The molecule has 0 bridgehead atoms. The Morgan fingerprint density at radius 2 is 2.00 bits per heavy atom. The van der Waals surface area contributed by atoms with E-state index in [1.165, 1.54) is 36.8 Å². The minimum Gasteiger partial charge on any atom is -0.323 e. The summed E-state index contributed by atoms with van der Waals surface area (Å²) in [6.07, 6.45) is 8.09. The summed E-state index contributed by atoms with van der Waals surface area (Å²) in [6.45, 7) is 8.70. The number of nitrogens with two attached hydrogens (primary N) is 1. The van der Waals surface area contributed by atoms with Gasteiger partial charge in [-0.2, -0.15) is 0 Å². The first-order valence-electron chi connectivity index (χ1n) is 7.27. The molecule has 0 fully saturated rings. The van der Waals surface area contributed by atoms with Gasteiger partial charge >= 0.3 is 0 Å². The molecule has 0 saturated carbocycles. The molecule has 0 aliphatic carbocycles. The largest absolute Gasteiger partial charge is 0.323 e. The maximum Gasteiger partial charge on any atom is 0.0600 e. The van der Waals surface area contributed by atoms with Crippen molar-refractivity contribution in [2.24, 2.45) is 11.7 Å². The number of nitrogens with zero attached hydrogens (tertiary/aromatic N) is 1. The zero-order chi connectivity index (χ0) is 13.5. The highest BCUT2D eigenvalue weighted by Crippen LogP contribution is 2.25. The fourth-order valence-electron chi connectivity index (χ4n) is 2.57. The molecule has 2 N–H and O–H groups in total. The van der Waals surface area contributed by atoms with Crippen LogP contribution in [0, 0.1) is 19.8 Å². The summed E-state index contributed by atoms with van der Waals surface area (Å²) in [5.74, 6) is 0.738. The number of pyridine rings is 1. The van der Waals surface area contributed by atoms with Crippen molar-refractivity contribution in [3.8, 4) is 0 Å². The molecule has 1 heterocycles. The molecule has 0 saturated heterocycles. The van der Waals surface area contributed by atoms with Crippen LogP contribution in [0.15, 0.2) is 12.3 Å². The lowest BCUT2D eigenvalue weighted by molar-refractivity contribution is 0.385. The van der Waals surface area contributed by atoms with Gasteiger partial charge in [-0.15, -0.1) is 0 Å². The monoisotopic (exact) mass is 248 g/mol. The molecule has 2 nitrogen and oxygen atoms in total. The fraction of sp³-hybridized carbons (Fsp3) is 0.688. The van der Waals surface area contributed by atoms with Crippen molar-refractivity contribution in [1.29, 1.82) is 0 Å². The van der Waals surface area contributed by atoms with Crippen LogP contribution in [0.3, 0.4) is 0 Å². The summed E-state index contributed by atoms with van der Waals surface area (Å²) in [5, 5.41) is 0. The van der Waals surface area contributed by atoms with E-state index >= 15 is 0 Å². The van der Waals surface area contributed by atoms with Crippen molar-refractivity contribution in [3.63, 3.8) is 0 Å². The number of hydrogen-bond donors (Lipinski definition) is 1. The van der Waals surface area contributed by atoms with Crippen LogP contribution >= 0.6 is 0 Å². The molecular weight excluding hydrogens is 220 g/mol. The van der Waals surface area contributed by atoms with Gasteiger partial charge in [-0.25, -0.2) is 0 Å². The van der Waals surface area contributed by atoms with E-state index < -0.39 is 0 Å². The van der Waals surface area contributed by atoms with E-state index in [0.29, 0.717) is 0 Å². The average Bonchev–Trinajstić information content (AvgIpc) is 2.34. The van der Waals surface area contributed by atoms with Gasteiger partial charge in [-0.1, -0.05) is 45.6 Å². The first kappa shape index (κ1) is 15.2. The Balaban J connectivity index is 2.65. The van der Waals surface area contributed by atoms with E-state index in [2.05, 4.69) is 38.7 Å². The van der Waals surface area contributed by atoms with Crippen molar-refractivity contribution in [1.82, 2.24) is 4.98 Å². The third-order valence-corrected chi connectivity index (χ3v) is 3.74. The van der Waals surface area contributed by atoms with E-state index in [4.69, 9.17) is 5.73 Å². The Labute approximate surface area is 112 Å². The molecule has 0 spiro atoms. The summed E-state index contributed by atoms with van der Waals surface area (Å²) in [5.41, 5.74) is 9.85. The van der Waals surface area contributed by atoms with E-state index in [1.54, 1.807) is 0 Å². The molecule has 0 aromatic carbocycles. The maximum absolute atomic E-state index is 6.33. The Morgan fingerprint density at radius 3 is 2.56 bits per heavy atom. The molecule has 1 aromatic rings. The Hall–Kier alpha value is -0.890. The van der Waals surface area contributed by atoms with Gasteiger partial charge in [0.15, 0.2) is 0 Å². The second kappa shape index (κ2) is 7.52. The number of aryl methyl sites for hydroxylation is 2. The van der Waals surface area contributed by atoms with Gasteiger partial charge < -0.3 is 5.73 Å². The first-order chi connectivity index (χ1) is 8.58. The van der Waals surface area contributed by atoms with Gasteiger partial charge in [0.2, 0.25) is 0 Å². The summed E-state index contributed by atoms with van der Waals surface area (Å²) < 4.78 is 0. The molecule has 2 atom stereocenters. The van der Waals surface area contributed by atoms with E-state index in [9.17, 15) is 0 Å². The highest BCUT2D eigenvalue weighted by Gasteiger charge is 2.16. The zero-order valence-electron chi connectivity index (χ0n) is 12.4. The van der Waals surface area contributed by atoms with Crippen LogP contribution in [-0.4, -0.2) is 4.98 Å². The number of rotatable bonds is 7. The maximum atomic E-state index is 6.33. The van der Waals surface area contributed by atoms with Crippen molar-refractivity contribution < 1.29 is 0 Å². The van der Waals surface area contributed by atoms with Crippen molar-refractivity contribution >= 4 is 0 Å². The zero-order valence-corrected chi connectivity index (χ0v) is 12.4. The Kier molecular flexibility index (Phi) is 6.34. The van der Waals surface area contributed by atoms with Crippen molar-refractivity contribution in [3.05, 3.63) is 29.1 Å². The standard InChI is InChI=1S/C16H28N2/c1-5-7-8-14(6-2)10-15(17)16-13(4)9-12(3)11-18-16/h9,11,14-15H,5-8,10,17H2,1-4H3. The van der Waals surface area contributed by atoms with E-state index in [1.807, 2.05) is 6.20 Å². The minimum atomic E-state index is 0.0902. The van der Waals surface area contributed by atoms with Crippen LogP contribution in [0.1, 0.15) is 68.8 Å². The lowest BCUT2D eigenvalue weighted by Gasteiger charge is -2.20. The van der Waals surface area contributed by atoms with Gasteiger partial charge in [0.25, 0.3) is 0 Å². The Bertz CT molecular complexity index is 360. The lowest BCUT2D eigenvalue weighted by Crippen LogP contribution is -2.18. The molecule has 102 valence electrons. The third kappa shape index (κ3) is 4.41. The van der Waals surface area contributed by atoms with Crippen LogP contribution < -0.4 is 5.73 Å². The molecule has 0 aliphatic heterocycles. The smallest absolute Gasteiger partial charge is 0.0600 e. The van der Waals surface area contributed by atoms with Crippen LogP contribution in [0.4, 0.5) is 0 Å². The van der Waals surface area contributed by atoms with Crippen LogP contribution in [0.2, 0.25) is 0 Å². The van der Waals surface area contributed by atoms with E-state index in [0.717, 1.165) is 18.0 Å². The Morgan fingerprint density at radius 1 is 1.28 bits per heavy atom. The van der Waals surface area contributed by atoms with E-state index in [-0.39, 0.29) is 6.04 Å². The quantitative estimate of drug-likeness (QED) is 0.781. The van der Waals surface area contributed by atoms with Gasteiger partial charge in [0.05, 0.1) is 5.69 Å². The second-order valence-corrected chi connectivity index (χ2v) is 5.47. The highest BCUT2D eigenvalue weighted by molar-refractivity contribution is 5.25. The summed E-state index contributed by atoms with van der Waals surface area (Å²) >= 11 is 0. The predicted molar refractivity (Wildman–Crippen MR) is 78.6 cm³/mol. The second-order valence-electron chi connectivity index (χ2n) is 5.47. The van der Waals surface area contributed by atoms with Gasteiger partial charge in [-0.3, -0.25) is 4.98 Å². The molecule has 1 aromatic heterocycles. The molecule has 18 heavy (non-hydrogen) atoms. The minimum absolute atomic E-state index is 0.0902. The molecule has 0 aliphatic rings. The van der Waals surface area contributed by atoms with Crippen molar-refractivity contribution in [2.45, 2.75) is 65.8 Å². The number of aromatic nitrogens is 1. The topological polar surface area (TPSA) is 38.9 Å². The highest BCUT2D eigenvalue weighted by atomic mass is 14.8.